The van der Waals surface area contributed by atoms with Crippen LogP contribution >= 0.6 is 0 Å². The Morgan fingerprint density at radius 2 is 2.00 bits per heavy atom. The highest BCUT2D eigenvalue weighted by Gasteiger charge is 2.57. The highest BCUT2D eigenvalue weighted by Crippen LogP contribution is 2.52. The molecule has 1 saturated carbocycles. The largest absolute Gasteiger partial charge is 0.419 e. The maximum atomic E-state index is 13.7. The van der Waals surface area contributed by atoms with Gasteiger partial charge >= 0.3 is 12.3 Å². The van der Waals surface area contributed by atoms with Gasteiger partial charge in [-0.1, -0.05) is 6.07 Å². The number of likely N-dealkylation sites (tertiary alicyclic amines) is 1. The van der Waals surface area contributed by atoms with E-state index in [0.29, 0.717) is 24.4 Å². The zero-order chi connectivity index (χ0) is 23.3. The Kier molecular flexibility index (Phi) is 5.56. The summed E-state index contributed by atoms with van der Waals surface area (Å²) in [5.74, 6) is -0.0177. The molecule has 2 saturated heterocycles. The van der Waals surface area contributed by atoms with Crippen molar-refractivity contribution in [3.63, 3.8) is 0 Å². The van der Waals surface area contributed by atoms with Crippen molar-refractivity contribution in [1.82, 2.24) is 24.7 Å². The number of nitrogens with zero attached hydrogens (tertiary/aromatic N) is 4. The fraction of sp³-hybridized carbons (Fsp3) is 0.545. The first-order valence-electron chi connectivity index (χ1n) is 10.9. The molecule has 3 aliphatic rings. The van der Waals surface area contributed by atoms with Crippen molar-refractivity contribution in [2.45, 2.75) is 18.8 Å². The zero-order valence-electron chi connectivity index (χ0n) is 18.1. The van der Waals surface area contributed by atoms with Crippen LogP contribution in [0, 0.1) is 23.6 Å². The third kappa shape index (κ3) is 4.56. The highest BCUT2D eigenvalue weighted by molar-refractivity contribution is 5.70. The molecule has 1 aromatic carbocycles. The molecule has 1 amide bonds. The normalized spacial score (nSPS) is 24.9. The summed E-state index contributed by atoms with van der Waals surface area (Å²) in [5.41, 5.74) is -1.15. The number of benzene rings is 1. The van der Waals surface area contributed by atoms with Crippen LogP contribution in [0.25, 0.3) is 0 Å². The molecule has 3 heterocycles. The van der Waals surface area contributed by atoms with Crippen LogP contribution in [0.5, 0.6) is 5.88 Å². The van der Waals surface area contributed by atoms with Gasteiger partial charge in [-0.15, -0.1) is 0 Å². The van der Waals surface area contributed by atoms with E-state index in [1.54, 1.807) is 11.6 Å². The van der Waals surface area contributed by atoms with Crippen molar-refractivity contribution < 1.29 is 27.1 Å². The summed E-state index contributed by atoms with van der Waals surface area (Å²) in [6.45, 7) is 4.20. The molecule has 33 heavy (non-hydrogen) atoms. The van der Waals surface area contributed by atoms with Gasteiger partial charge in [-0.3, -0.25) is 4.90 Å². The van der Waals surface area contributed by atoms with Crippen molar-refractivity contribution in [1.29, 1.82) is 0 Å². The van der Waals surface area contributed by atoms with Gasteiger partial charge in [0.2, 0.25) is 5.88 Å². The molecule has 2 unspecified atom stereocenters. The number of aromatic nitrogens is 2. The summed E-state index contributed by atoms with van der Waals surface area (Å²) in [6, 6.07) is 3.39. The predicted octanol–water partition coefficient (Wildman–Crippen LogP) is 2.73. The monoisotopic (exact) mass is 467 g/mol. The summed E-state index contributed by atoms with van der Waals surface area (Å²) in [4.78, 5) is 20.8. The van der Waals surface area contributed by atoms with E-state index in [-0.39, 0.29) is 23.9 Å². The molecule has 2 aromatic rings. The van der Waals surface area contributed by atoms with Crippen molar-refractivity contribution in [3.8, 4) is 5.88 Å². The van der Waals surface area contributed by atoms with Gasteiger partial charge < -0.3 is 19.5 Å². The lowest BCUT2D eigenvalue weighted by Gasteiger charge is -2.37. The Labute approximate surface area is 188 Å². The van der Waals surface area contributed by atoms with Gasteiger partial charge in [0.15, 0.2) is 0 Å². The van der Waals surface area contributed by atoms with Crippen LogP contribution in [-0.2, 0) is 19.8 Å². The summed E-state index contributed by atoms with van der Waals surface area (Å²) in [6.07, 6.45) is -2.48. The minimum atomic E-state index is -4.81. The summed E-state index contributed by atoms with van der Waals surface area (Å²) in [7, 11) is 1.73. The van der Waals surface area contributed by atoms with Crippen LogP contribution < -0.4 is 10.1 Å². The summed E-state index contributed by atoms with van der Waals surface area (Å²) >= 11 is 0. The topological polar surface area (TPSA) is 62.6 Å². The number of carbonyl (C=O) groups is 1. The molecule has 3 fully saturated rings. The van der Waals surface area contributed by atoms with E-state index in [1.165, 1.54) is 23.5 Å². The first kappa shape index (κ1) is 22.1. The summed E-state index contributed by atoms with van der Waals surface area (Å²) < 4.78 is 60.2. The first-order chi connectivity index (χ1) is 15.7. The molecule has 5 rings (SSSR count). The molecule has 0 spiro atoms. The van der Waals surface area contributed by atoms with Crippen LogP contribution in [0.2, 0.25) is 0 Å². The fourth-order valence-corrected chi connectivity index (χ4v) is 4.94. The van der Waals surface area contributed by atoms with E-state index in [4.69, 9.17) is 4.74 Å². The number of hydrogen-bond donors (Lipinski definition) is 1. The van der Waals surface area contributed by atoms with Crippen LogP contribution in [0.3, 0.4) is 0 Å². The SMILES string of the molecule is Cn1cnc(OC(=O)N(Cc2ccc(F)c(C(F)(F)F)c2)CC2C3CN(C4CNC4)CC23)c1. The van der Waals surface area contributed by atoms with E-state index < -0.39 is 23.7 Å². The van der Waals surface area contributed by atoms with E-state index in [2.05, 4.69) is 15.2 Å². The number of nitrogens with one attached hydrogen (secondary N) is 1. The Balaban J connectivity index is 1.30. The molecule has 2 atom stereocenters. The average Bonchev–Trinajstić information content (AvgIpc) is 3.02. The molecule has 7 nitrogen and oxygen atoms in total. The van der Waals surface area contributed by atoms with Gasteiger partial charge in [-0.25, -0.2) is 14.2 Å². The van der Waals surface area contributed by atoms with Crippen LogP contribution in [0.15, 0.2) is 30.7 Å². The van der Waals surface area contributed by atoms with E-state index in [0.717, 1.165) is 38.3 Å². The Morgan fingerprint density at radius 1 is 1.27 bits per heavy atom. The number of carbonyl (C=O) groups excluding carboxylic acids is 1. The van der Waals surface area contributed by atoms with Crippen molar-refractivity contribution >= 4 is 6.09 Å². The number of piperidine rings is 1. The van der Waals surface area contributed by atoms with Crippen molar-refractivity contribution in [3.05, 3.63) is 47.7 Å². The van der Waals surface area contributed by atoms with Gasteiger partial charge in [-0.05, 0) is 35.4 Å². The molecule has 0 bridgehead atoms. The van der Waals surface area contributed by atoms with E-state index in [1.807, 2.05) is 0 Å². The molecule has 1 aromatic heterocycles. The molecule has 1 aliphatic carbocycles. The Bertz CT molecular complexity index is 1030. The Hall–Kier alpha value is -2.66. The minimum Gasteiger partial charge on any atom is -0.389 e. The second-order valence-corrected chi connectivity index (χ2v) is 9.20. The smallest absolute Gasteiger partial charge is 0.389 e. The second-order valence-electron chi connectivity index (χ2n) is 9.20. The molecule has 2 aliphatic heterocycles. The number of hydrogen-bond acceptors (Lipinski definition) is 5. The lowest BCUT2D eigenvalue weighted by atomic mass is 10.1. The molecule has 0 radical (unpaired) electrons. The number of ether oxygens (including phenoxy) is 1. The summed E-state index contributed by atoms with van der Waals surface area (Å²) in [5, 5.41) is 3.27. The third-order valence-corrected chi connectivity index (χ3v) is 6.95. The van der Waals surface area contributed by atoms with Gasteiger partial charge in [0, 0.05) is 52.4 Å². The molecular formula is C22H25F4N5O2. The van der Waals surface area contributed by atoms with E-state index >= 15 is 0 Å². The van der Waals surface area contributed by atoms with Crippen molar-refractivity contribution in [2.24, 2.45) is 24.8 Å². The average molecular weight is 467 g/mol. The number of alkyl halides is 3. The number of halogens is 4. The first-order valence-corrected chi connectivity index (χ1v) is 10.9. The lowest BCUT2D eigenvalue weighted by molar-refractivity contribution is -0.140. The fourth-order valence-electron chi connectivity index (χ4n) is 4.94. The predicted molar refractivity (Wildman–Crippen MR) is 110 cm³/mol. The number of imidazole rings is 1. The number of aryl methyl sites for hydroxylation is 1. The molecule has 11 heteroatoms. The zero-order valence-corrected chi connectivity index (χ0v) is 18.1. The Morgan fingerprint density at radius 3 is 2.58 bits per heavy atom. The maximum absolute atomic E-state index is 13.7. The van der Waals surface area contributed by atoms with Crippen molar-refractivity contribution in [2.75, 3.05) is 32.7 Å². The van der Waals surface area contributed by atoms with Gasteiger partial charge in [0.25, 0.3) is 0 Å². The minimum absolute atomic E-state index is 0.110. The number of rotatable bonds is 6. The van der Waals surface area contributed by atoms with Crippen LogP contribution in [-0.4, -0.2) is 64.2 Å². The maximum Gasteiger partial charge on any atom is 0.419 e. The van der Waals surface area contributed by atoms with Gasteiger partial charge in [0.1, 0.15) is 5.82 Å². The molecule has 1 N–H and O–H groups in total. The number of fused-ring (bicyclic) bond motifs is 1. The standard InChI is InChI=1S/C22H25F4N5O2/c1-29-11-20(28-12-29)33-21(32)31(7-13-2-3-19(23)18(4-13)22(24,25)26)10-17-15-8-30(9-16(15)17)14-5-27-6-14/h2-4,11-12,14-17,27H,5-10H2,1H3. The third-order valence-electron chi connectivity index (χ3n) is 6.95. The van der Waals surface area contributed by atoms with Gasteiger partial charge in [0.05, 0.1) is 18.1 Å². The molecular weight excluding hydrogens is 442 g/mol. The molecule has 178 valence electrons. The van der Waals surface area contributed by atoms with Crippen LogP contribution in [0.4, 0.5) is 22.4 Å². The van der Waals surface area contributed by atoms with Crippen LogP contribution in [0.1, 0.15) is 11.1 Å². The highest BCUT2D eigenvalue weighted by atomic mass is 19.4. The number of amides is 1. The van der Waals surface area contributed by atoms with E-state index in [9.17, 15) is 22.4 Å². The second kappa shape index (κ2) is 8.28. The quantitative estimate of drug-likeness (QED) is 0.662. The lowest BCUT2D eigenvalue weighted by Crippen LogP contribution is -2.57. The van der Waals surface area contributed by atoms with Gasteiger partial charge in [-0.2, -0.15) is 13.2 Å².